The van der Waals surface area contributed by atoms with Crippen LogP contribution in [0.5, 0.6) is 5.75 Å². The summed E-state index contributed by atoms with van der Waals surface area (Å²) in [6.45, 7) is 3.76. The van der Waals surface area contributed by atoms with Gasteiger partial charge in [-0.05, 0) is 55.6 Å². The van der Waals surface area contributed by atoms with Crippen LogP contribution in [0.2, 0.25) is 0 Å². The Labute approximate surface area is 181 Å². The van der Waals surface area contributed by atoms with E-state index in [2.05, 4.69) is 20.5 Å². The molecular weight excluding hydrogens is 394 g/mol. The second kappa shape index (κ2) is 8.19. The maximum atomic E-state index is 13.0. The average molecular weight is 422 g/mol. The first-order valence-corrected chi connectivity index (χ1v) is 10.8. The minimum Gasteiger partial charge on any atom is -0.497 e. The van der Waals surface area contributed by atoms with E-state index in [9.17, 15) is 9.59 Å². The monoisotopic (exact) mass is 421 g/mol. The average Bonchev–Trinajstić information content (AvgIpc) is 2.82. The van der Waals surface area contributed by atoms with Gasteiger partial charge in [0.1, 0.15) is 5.75 Å². The zero-order valence-corrected chi connectivity index (χ0v) is 17.6. The summed E-state index contributed by atoms with van der Waals surface area (Å²) >= 11 is 0. The molecule has 0 saturated carbocycles. The van der Waals surface area contributed by atoms with Crippen LogP contribution in [0.25, 0.3) is 0 Å². The van der Waals surface area contributed by atoms with Crippen LogP contribution in [0.4, 0.5) is 11.5 Å². The maximum Gasteiger partial charge on any atom is 0.253 e. The summed E-state index contributed by atoms with van der Waals surface area (Å²) in [5.74, 6) is 1.75. The summed E-state index contributed by atoms with van der Waals surface area (Å²) in [5, 5.41) is 6.26. The van der Waals surface area contributed by atoms with Crippen molar-refractivity contribution in [1.82, 2.24) is 15.2 Å². The number of fused-ring (bicyclic) bond motifs is 4. The lowest BCUT2D eigenvalue weighted by Gasteiger charge is -2.44. The zero-order valence-electron chi connectivity index (χ0n) is 17.6. The topological polar surface area (TPSA) is 86.8 Å². The molecule has 1 unspecified atom stereocenters. The minimum atomic E-state index is -0.128. The Morgan fingerprint density at radius 3 is 2.71 bits per heavy atom. The van der Waals surface area contributed by atoms with E-state index in [4.69, 9.17) is 4.74 Å². The second-order valence-electron chi connectivity index (χ2n) is 8.49. The van der Waals surface area contributed by atoms with Crippen molar-refractivity contribution >= 4 is 23.3 Å². The van der Waals surface area contributed by atoms with Crippen LogP contribution in [0.1, 0.15) is 28.8 Å². The lowest BCUT2D eigenvalue weighted by molar-refractivity contribution is -0.117. The number of benzene rings is 1. The van der Waals surface area contributed by atoms with Crippen LogP contribution in [-0.2, 0) is 11.3 Å². The van der Waals surface area contributed by atoms with Gasteiger partial charge in [0.05, 0.1) is 31.5 Å². The number of nitrogens with one attached hydrogen (secondary N) is 2. The molecule has 1 aromatic carbocycles. The third-order valence-electron chi connectivity index (χ3n) is 6.60. The third-order valence-corrected chi connectivity index (χ3v) is 6.60. The van der Waals surface area contributed by atoms with Gasteiger partial charge < -0.3 is 25.2 Å². The van der Waals surface area contributed by atoms with Crippen LogP contribution in [0.3, 0.4) is 0 Å². The summed E-state index contributed by atoms with van der Waals surface area (Å²) in [5.41, 5.74) is 2.09. The number of rotatable bonds is 5. The maximum absolute atomic E-state index is 13.0. The van der Waals surface area contributed by atoms with Crippen molar-refractivity contribution in [1.29, 1.82) is 0 Å². The van der Waals surface area contributed by atoms with Crippen molar-refractivity contribution in [2.24, 2.45) is 5.92 Å². The zero-order chi connectivity index (χ0) is 21.4. The van der Waals surface area contributed by atoms with E-state index in [0.29, 0.717) is 29.5 Å². The summed E-state index contributed by atoms with van der Waals surface area (Å²) in [6.07, 6.45) is 3.87. The molecule has 4 aliphatic rings. The fraction of sp³-hybridized carbons (Fsp3) is 0.435. The number of anilines is 2. The number of amides is 2. The lowest BCUT2D eigenvalue weighted by atomic mass is 9.84. The first-order chi connectivity index (χ1) is 15.1. The third kappa shape index (κ3) is 3.95. The van der Waals surface area contributed by atoms with Crippen molar-refractivity contribution in [3.05, 3.63) is 47.7 Å². The molecule has 4 aliphatic heterocycles. The number of hydrogen-bond acceptors (Lipinski definition) is 6. The molecular formula is C23H27N5O3. The summed E-state index contributed by atoms with van der Waals surface area (Å²) in [7, 11) is 1.62. The van der Waals surface area contributed by atoms with Crippen LogP contribution < -0.4 is 20.3 Å². The Morgan fingerprint density at radius 1 is 1.26 bits per heavy atom. The van der Waals surface area contributed by atoms with Crippen LogP contribution in [0.15, 0.2) is 36.5 Å². The van der Waals surface area contributed by atoms with Crippen molar-refractivity contribution in [2.75, 3.05) is 43.5 Å². The van der Waals surface area contributed by atoms with Crippen LogP contribution in [-0.4, -0.2) is 61.0 Å². The van der Waals surface area contributed by atoms with Gasteiger partial charge in [-0.3, -0.25) is 9.59 Å². The van der Waals surface area contributed by atoms with Crippen molar-refractivity contribution in [2.45, 2.75) is 25.4 Å². The van der Waals surface area contributed by atoms with E-state index in [1.807, 2.05) is 24.3 Å². The number of nitrogens with zero attached hydrogens (tertiary/aromatic N) is 3. The Balaban J connectivity index is 1.36. The predicted molar refractivity (Wildman–Crippen MR) is 117 cm³/mol. The van der Waals surface area contributed by atoms with Gasteiger partial charge >= 0.3 is 0 Å². The van der Waals surface area contributed by atoms with Gasteiger partial charge in [0.15, 0.2) is 5.82 Å². The Bertz CT molecular complexity index is 985. The Kier molecular flexibility index (Phi) is 5.23. The number of hydrogen-bond donors (Lipinski definition) is 2. The van der Waals surface area contributed by atoms with E-state index in [0.717, 1.165) is 43.8 Å². The van der Waals surface area contributed by atoms with E-state index in [1.165, 1.54) is 0 Å². The normalized spacial score (nSPS) is 24.4. The molecule has 6 rings (SSSR count). The number of carbonyl (C=O) groups is 2. The van der Waals surface area contributed by atoms with Crippen molar-refractivity contribution in [3.63, 3.8) is 0 Å². The van der Waals surface area contributed by atoms with Gasteiger partial charge in [0.25, 0.3) is 5.91 Å². The fourth-order valence-corrected chi connectivity index (χ4v) is 4.78. The van der Waals surface area contributed by atoms with E-state index < -0.39 is 0 Å². The molecule has 0 spiro atoms. The molecule has 2 amide bonds. The summed E-state index contributed by atoms with van der Waals surface area (Å²) in [4.78, 5) is 34.2. The Hall–Kier alpha value is -3.13. The van der Waals surface area contributed by atoms with E-state index in [1.54, 1.807) is 24.3 Å². The highest BCUT2D eigenvalue weighted by atomic mass is 16.5. The highest BCUT2D eigenvalue weighted by Gasteiger charge is 2.35. The molecule has 2 bridgehead atoms. The summed E-state index contributed by atoms with van der Waals surface area (Å²) < 4.78 is 5.21. The first kappa shape index (κ1) is 19.8. The molecule has 5 heterocycles. The summed E-state index contributed by atoms with van der Waals surface area (Å²) in [6, 6.07) is 9.57. The van der Waals surface area contributed by atoms with Gasteiger partial charge in [-0.2, -0.15) is 0 Å². The Morgan fingerprint density at radius 2 is 2.03 bits per heavy atom. The molecule has 2 N–H and O–H groups in total. The molecule has 0 aliphatic carbocycles. The minimum absolute atomic E-state index is 0.0555. The molecule has 1 atom stereocenters. The van der Waals surface area contributed by atoms with Gasteiger partial charge in [-0.25, -0.2) is 4.98 Å². The number of aromatic nitrogens is 1. The lowest BCUT2D eigenvalue weighted by Crippen LogP contribution is -2.57. The number of ether oxygens (including phenoxy) is 1. The molecule has 8 heteroatoms. The van der Waals surface area contributed by atoms with Gasteiger partial charge in [0, 0.05) is 18.8 Å². The van der Waals surface area contributed by atoms with Crippen molar-refractivity contribution < 1.29 is 14.3 Å². The molecule has 3 saturated heterocycles. The van der Waals surface area contributed by atoms with Crippen LogP contribution >= 0.6 is 0 Å². The quantitative estimate of drug-likeness (QED) is 0.767. The smallest absolute Gasteiger partial charge is 0.253 e. The predicted octanol–water partition coefficient (Wildman–Crippen LogP) is 1.87. The van der Waals surface area contributed by atoms with Crippen LogP contribution in [0, 0.1) is 5.92 Å². The molecule has 2 aromatic rings. The number of methoxy groups -OCH3 is 1. The highest BCUT2D eigenvalue weighted by molar-refractivity contribution is 6.04. The largest absolute Gasteiger partial charge is 0.497 e. The molecule has 1 aromatic heterocycles. The van der Waals surface area contributed by atoms with Gasteiger partial charge in [-0.1, -0.05) is 12.1 Å². The highest BCUT2D eigenvalue weighted by Crippen LogP contribution is 2.31. The number of piperidine rings is 3. The fourth-order valence-electron chi connectivity index (χ4n) is 4.78. The van der Waals surface area contributed by atoms with E-state index in [-0.39, 0.29) is 24.4 Å². The molecule has 31 heavy (non-hydrogen) atoms. The molecule has 162 valence electrons. The van der Waals surface area contributed by atoms with Crippen molar-refractivity contribution in [3.8, 4) is 5.75 Å². The molecule has 3 fully saturated rings. The SMILES string of the molecule is COc1ccc(CN2C(=O)CNc3ncc(C(=O)NC4CN5CCC4CC5)cc32)cc1. The van der Waals surface area contributed by atoms with E-state index >= 15 is 0 Å². The first-order valence-electron chi connectivity index (χ1n) is 10.8. The van der Waals surface area contributed by atoms with Gasteiger partial charge in [-0.15, -0.1) is 0 Å². The second-order valence-corrected chi connectivity index (χ2v) is 8.49. The number of pyridine rings is 1. The standard InChI is InChI=1S/C23H27N5O3/c1-31-18-4-2-15(3-5-18)13-28-20-10-17(11-24-22(20)25-12-21(28)29)23(30)26-19-14-27-8-6-16(19)7-9-27/h2-5,10-11,16,19H,6-9,12-14H2,1H3,(H,24,25)(H,26,30). The molecule has 0 radical (unpaired) electrons. The molecule has 8 nitrogen and oxygen atoms in total. The number of carbonyl (C=O) groups excluding carboxylic acids is 2. The van der Waals surface area contributed by atoms with Gasteiger partial charge in [0.2, 0.25) is 5.91 Å².